The maximum Gasteiger partial charge on any atom is 0.222 e. The lowest BCUT2D eigenvalue weighted by atomic mass is 9.46. The molecule has 1 N–H and O–H groups in total. The van der Waals surface area contributed by atoms with Gasteiger partial charge in [-0.15, -0.1) is 0 Å². The van der Waals surface area contributed by atoms with Gasteiger partial charge in [0.1, 0.15) is 5.76 Å². The molecule has 1 aromatic heterocycles. The number of amides is 2. The van der Waals surface area contributed by atoms with Gasteiger partial charge in [0.2, 0.25) is 11.8 Å². The predicted molar refractivity (Wildman–Crippen MR) is 119 cm³/mol. The lowest BCUT2D eigenvalue weighted by molar-refractivity contribution is -0.158. The molecule has 0 aromatic carbocycles. The highest BCUT2D eigenvalue weighted by Crippen LogP contribution is 2.67. The van der Waals surface area contributed by atoms with Gasteiger partial charge < -0.3 is 14.6 Å². The molecule has 170 valence electrons. The summed E-state index contributed by atoms with van der Waals surface area (Å²) in [5, 5.41) is 3.24. The Morgan fingerprint density at radius 1 is 1.13 bits per heavy atom. The molecule has 31 heavy (non-hydrogen) atoms. The van der Waals surface area contributed by atoms with Crippen molar-refractivity contribution in [3.63, 3.8) is 0 Å². The third kappa shape index (κ3) is 3.09. The number of carbonyl (C=O) groups is 2. The van der Waals surface area contributed by atoms with Gasteiger partial charge in [-0.2, -0.15) is 0 Å². The van der Waals surface area contributed by atoms with E-state index in [1.165, 1.54) is 25.7 Å². The molecule has 2 amide bonds. The number of hydrogen-bond acceptors (Lipinski definition) is 3. The zero-order valence-electron chi connectivity index (χ0n) is 19.5. The van der Waals surface area contributed by atoms with Gasteiger partial charge in [-0.3, -0.25) is 9.59 Å². The molecular weight excluding hydrogens is 388 g/mol. The van der Waals surface area contributed by atoms with E-state index in [-0.39, 0.29) is 22.8 Å². The maximum absolute atomic E-state index is 12.4. The number of likely N-dealkylation sites (tertiary alicyclic amines) is 1. The molecule has 5 rings (SSSR count). The number of hydrogen-bond donors (Lipinski definition) is 1. The van der Waals surface area contributed by atoms with E-state index in [1.54, 1.807) is 13.2 Å². The van der Waals surface area contributed by atoms with Gasteiger partial charge in [-0.25, -0.2) is 0 Å². The second kappa shape index (κ2) is 7.38. The molecule has 1 saturated heterocycles. The Bertz CT molecular complexity index is 851. The van der Waals surface area contributed by atoms with Crippen molar-refractivity contribution in [1.29, 1.82) is 0 Å². The van der Waals surface area contributed by atoms with Gasteiger partial charge in [-0.05, 0) is 91.6 Å². The summed E-state index contributed by atoms with van der Waals surface area (Å²) in [7, 11) is 2.03. The number of nitrogens with one attached hydrogen (secondary N) is 1. The Kier molecular flexibility index (Phi) is 5.02. The Hall–Kier alpha value is -1.78. The zero-order valence-corrected chi connectivity index (χ0v) is 19.5. The van der Waals surface area contributed by atoms with E-state index in [1.807, 2.05) is 19.2 Å². The van der Waals surface area contributed by atoms with Crippen LogP contribution in [0.1, 0.15) is 83.9 Å². The highest BCUT2D eigenvalue weighted by atomic mass is 16.3. The smallest absolute Gasteiger partial charge is 0.222 e. The normalized spacial score (nSPS) is 43.0. The van der Waals surface area contributed by atoms with E-state index < -0.39 is 0 Å². The topological polar surface area (TPSA) is 62.6 Å². The minimum atomic E-state index is -0.0376. The largest absolute Gasteiger partial charge is 0.467 e. The number of furan rings is 1. The van der Waals surface area contributed by atoms with Crippen molar-refractivity contribution in [1.82, 2.24) is 10.2 Å². The second-order valence-electron chi connectivity index (χ2n) is 11.4. The minimum absolute atomic E-state index is 0.0186. The first kappa shape index (κ1) is 21.1. The third-order valence-corrected chi connectivity index (χ3v) is 10.2. The molecule has 0 radical (unpaired) electrons. The van der Waals surface area contributed by atoms with E-state index in [4.69, 9.17) is 4.42 Å². The number of nitrogens with zero attached hydrogens (tertiary/aromatic N) is 1. The van der Waals surface area contributed by atoms with Crippen molar-refractivity contribution in [2.24, 2.45) is 34.5 Å². The number of fused-ring (bicyclic) bond motifs is 5. The summed E-state index contributed by atoms with van der Waals surface area (Å²) < 4.78 is 5.80. The first-order valence-corrected chi connectivity index (χ1v) is 12.3. The molecule has 1 aromatic rings. The van der Waals surface area contributed by atoms with Gasteiger partial charge in [0.05, 0.1) is 12.3 Å². The Labute approximate surface area is 186 Å². The van der Waals surface area contributed by atoms with E-state index in [2.05, 4.69) is 24.1 Å². The predicted octanol–water partition coefficient (Wildman–Crippen LogP) is 4.94. The fourth-order valence-electron chi connectivity index (χ4n) is 8.80. The molecule has 0 spiro atoms. The average molecular weight is 427 g/mol. The van der Waals surface area contributed by atoms with E-state index in [0.717, 1.165) is 30.9 Å². The van der Waals surface area contributed by atoms with Gasteiger partial charge in [0.15, 0.2) is 0 Å². The minimum Gasteiger partial charge on any atom is -0.467 e. The molecule has 5 heteroatoms. The first-order valence-electron chi connectivity index (χ1n) is 12.3. The van der Waals surface area contributed by atoms with Crippen LogP contribution in [0.5, 0.6) is 0 Å². The van der Waals surface area contributed by atoms with Crippen LogP contribution in [0, 0.1) is 34.5 Å². The van der Waals surface area contributed by atoms with Gasteiger partial charge in [0.25, 0.3) is 0 Å². The first-order chi connectivity index (χ1) is 14.8. The molecule has 5 nitrogen and oxygen atoms in total. The lowest BCUT2D eigenvalue weighted by Crippen LogP contribution is -2.61. The average Bonchev–Trinajstić information content (AvgIpc) is 3.37. The molecule has 3 saturated carbocycles. The van der Waals surface area contributed by atoms with Crippen LogP contribution in [0.25, 0.3) is 0 Å². The van der Waals surface area contributed by atoms with Crippen LogP contribution in [0.3, 0.4) is 0 Å². The second-order valence-corrected chi connectivity index (χ2v) is 11.4. The maximum atomic E-state index is 12.4. The van der Waals surface area contributed by atoms with Crippen LogP contribution in [0.2, 0.25) is 0 Å². The summed E-state index contributed by atoms with van der Waals surface area (Å²) in [5.74, 6) is 3.80. The van der Waals surface area contributed by atoms with Crippen molar-refractivity contribution in [3.05, 3.63) is 24.2 Å². The van der Waals surface area contributed by atoms with Gasteiger partial charge in [0, 0.05) is 26.4 Å². The summed E-state index contributed by atoms with van der Waals surface area (Å²) in [5.41, 5.74) is 0.476. The Balaban J connectivity index is 1.43. The molecular formula is C26H38N2O3. The standard InChI is InChI=1S/C26H38N2O3/c1-16(29)27-24(21-6-5-15-31-21)20-9-8-18-17-7-10-22-26(3,14-12-23(30)28(22)4)19(17)11-13-25(18,20)2/h5-6,15,17-20,22,24H,7-14H2,1-4H3,(H,27,29)/t17-,18-,19-,20+,22+,24?,25-,26+/m0/s1. The van der Waals surface area contributed by atoms with Crippen LogP contribution in [-0.2, 0) is 9.59 Å². The quantitative estimate of drug-likeness (QED) is 0.745. The molecule has 8 atom stereocenters. The van der Waals surface area contributed by atoms with Crippen molar-refractivity contribution in [3.8, 4) is 0 Å². The highest BCUT2D eigenvalue weighted by Gasteiger charge is 2.62. The van der Waals surface area contributed by atoms with Crippen LogP contribution < -0.4 is 5.32 Å². The molecule has 1 unspecified atom stereocenters. The van der Waals surface area contributed by atoms with Crippen molar-refractivity contribution < 1.29 is 14.0 Å². The van der Waals surface area contributed by atoms with Crippen molar-refractivity contribution >= 4 is 11.8 Å². The van der Waals surface area contributed by atoms with Crippen molar-refractivity contribution in [2.45, 2.75) is 84.2 Å². The number of piperidine rings is 1. The summed E-state index contributed by atoms with van der Waals surface area (Å²) in [6, 6.07) is 4.32. The van der Waals surface area contributed by atoms with Gasteiger partial charge >= 0.3 is 0 Å². The van der Waals surface area contributed by atoms with Crippen molar-refractivity contribution in [2.75, 3.05) is 7.05 Å². The SMILES string of the molecule is CC(=O)NC(c1ccco1)[C@H]1CC[C@H]2[C@@H]3CC[C@H]4N(C)C(=O)CC[C@]4(C)[C@H]3CC[C@]12C. The zero-order chi connectivity index (χ0) is 22.0. The van der Waals surface area contributed by atoms with Crippen LogP contribution >= 0.6 is 0 Å². The fraction of sp³-hybridized carbons (Fsp3) is 0.769. The third-order valence-electron chi connectivity index (χ3n) is 10.2. The molecule has 4 aliphatic rings. The summed E-state index contributed by atoms with van der Waals surface area (Å²) in [4.78, 5) is 26.5. The highest BCUT2D eigenvalue weighted by molar-refractivity contribution is 5.77. The van der Waals surface area contributed by atoms with Gasteiger partial charge in [-0.1, -0.05) is 13.8 Å². The molecule has 1 aliphatic heterocycles. The van der Waals surface area contributed by atoms with E-state index >= 15 is 0 Å². The Morgan fingerprint density at radius 2 is 1.90 bits per heavy atom. The lowest BCUT2D eigenvalue weighted by Gasteiger charge is -2.62. The number of carbonyl (C=O) groups excluding carboxylic acids is 2. The van der Waals surface area contributed by atoms with Crippen LogP contribution in [0.4, 0.5) is 0 Å². The summed E-state index contributed by atoms with van der Waals surface area (Å²) in [6.45, 7) is 6.59. The molecule has 3 aliphatic carbocycles. The van der Waals surface area contributed by atoms with Crippen LogP contribution in [0.15, 0.2) is 22.8 Å². The Morgan fingerprint density at radius 3 is 2.61 bits per heavy atom. The van der Waals surface area contributed by atoms with Crippen LogP contribution in [-0.4, -0.2) is 29.8 Å². The fourth-order valence-corrected chi connectivity index (χ4v) is 8.80. The monoisotopic (exact) mass is 426 g/mol. The number of rotatable bonds is 3. The van der Waals surface area contributed by atoms with E-state index in [0.29, 0.717) is 36.1 Å². The molecule has 0 bridgehead atoms. The van der Waals surface area contributed by atoms with E-state index in [9.17, 15) is 9.59 Å². The summed E-state index contributed by atoms with van der Waals surface area (Å²) >= 11 is 0. The molecule has 4 fully saturated rings. The molecule has 2 heterocycles. The summed E-state index contributed by atoms with van der Waals surface area (Å²) in [6.07, 6.45) is 10.7.